The molecule has 1 fully saturated rings. The van der Waals surface area contributed by atoms with Crippen LogP contribution < -0.4 is 5.32 Å². The molecule has 5 atom stereocenters. The highest BCUT2D eigenvalue weighted by molar-refractivity contribution is 8.00. The number of nitrogens with one attached hydrogen (secondary N) is 1. The Morgan fingerprint density at radius 2 is 1.82 bits per heavy atom. The van der Waals surface area contributed by atoms with E-state index >= 15 is 0 Å². The van der Waals surface area contributed by atoms with Crippen LogP contribution in [-0.2, 0) is 0 Å². The molecule has 0 unspecified atom stereocenters. The molecule has 2 aliphatic rings. The minimum absolute atomic E-state index is 0.0111. The fourth-order valence-corrected chi connectivity index (χ4v) is 7.05. The maximum absolute atomic E-state index is 11.6. The first-order valence-corrected chi connectivity index (χ1v) is 12.0. The number of halogens is 1. The molecule has 2 N–H and O–H groups in total. The van der Waals surface area contributed by atoms with Crippen molar-refractivity contribution in [1.29, 1.82) is 0 Å². The van der Waals surface area contributed by atoms with Crippen molar-refractivity contribution in [3.05, 3.63) is 99.6 Å². The van der Waals surface area contributed by atoms with Gasteiger partial charge in [-0.05, 0) is 47.7 Å². The lowest BCUT2D eigenvalue weighted by Crippen LogP contribution is -2.31. The fourth-order valence-electron chi connectivity index (χ4n) is 5.11. The number of hydrogen-bond donors (Lipinski definition) is 2. The molecule has 0 spiro atoms. The van der Waals surface area contributed by atoms with Gasteiger partial charge in [-0.1, -0.05) is 42.5 Å². The van der Waals surface area contributed by atoms with Crippen LogP contribution in [0.4, 0.5) is 11.4 Å². The summed E-state index contributed by atoms with van der Waals surface area (Å²) in [7, 11) is 0. The Bertz CT molecular complexity index is 1220. The van der Waals surface area contributed by atoms with Gasteiger partial charge in [0.15, 0.2) is 0 Å². The second kappa shape index (κ2) is 8.72. The topological polar surface area (TPSA) is 92.5 Å². The van der Waals surface area contributed by atoms with Crippen molar-refractivity contribution in [1.82, 2.24) is 0 Å². The molecular formula is C25H21ClN2O4S. The van der Waals surface area contributed by atoms with Crippen LogP contribution >= 0.6 is 23.4 Å². The van der Waals surface area contributed by atoms with Crippen molar-refractivity contribution in [3.63, 3.8) is 0 Å². The highest BCUT2D eigenvalue weighted by atomic mass is 35.5. The normalized spacial score (nSPS) is 25.5. The Kier molecular flexibility index (Phi) is 5.76. The SMILES string of the molecule is O=C(O)c1ccc2c(c1)[C@@H]1[C@H](Cl)[C@H](Sc3ccccc3[N+](=O)[O-])C[C@H]1[C@@H](c1ccccc1)N2. The molecule has 0 saturated heterocycles. The molecule has 1 heterocycles. The molecule has 0 amide bonds. The van der Waals surface area contributed by atoms with Gasteiger partial charge in [-0.3, -0.25) is 10.1 Å². The zero-order valence-corrected chi connectivity index (χ0v) is 19.0. The lowest BCUT2D eigenvalue weighted by atomic mass is 9.77. The Hall–Kier alpha value is -3.03. The van der Waals surface area contributed by atoms with E-state index in [1.807, 2.05) is 24.3 Å². The monoisotopic (exact) mass is 480 g/mol. The average Bonchev–Trinajstić information content (AvgIpc) is 3.15. The number of carboxylic acids is 1. The van der Waals surface area contributed by atoms with Gasteiger partial charge in [-0.25, -0.2) is 4.79 Å². The first kappa shape index (κ1) is 21.8. The summed E-state index contributed by atoms with van der Waals surface area (Å²) in [6, 6.07) is 22.0. The first-order valence-electron chi connectivity index (χ1n) is 10.7. The van der Waals surface area contributed by atoms with E-state index in [4.69, 9.17) is 11.6 Å². The Morgan fingerprint density at radius 3 is 2.55 bits per heavy atom. The fraction of sp³-hybridized carbons (Fsp3) is 0.240. The number of para-hydroxylation sites is 1. The molecular weight excluding hydrogens is 460 g/mol. The van der Waals surface area contributed by atoms with E-state index in [2.05, 4.69) is 17.4 Å². The van der Waals surface area contributed by atoms with Crippen molar-refractivity contribution < 1.29 is 14.8 Å². The Morgan fingerprint density at radius 1 is 1.09 bits per heavy atom. The van der Waals surface area contributed by atoms with Crippen molar-refractivity contribution in [2.75, 3.05) is 5.32 Å². The summed E-state index contributed by atoms with van der Waals surface area (Å²) in [6.45, 7) is 0. The minimum Gasteiger partial charge on any atom is -0.478 e. The number of nitrogens with zero attached hydrogens (tertiary/aromatic N) is 1. The van der Waals surface area contributed by atoms with E-state index in [0.717, 1.165) is 23.2 Å². The predicted octanol–water partition coefficient (Wildman–Crippen LogP) is 6.33. The molecule has 0 radical (unpaired) electrons. The number of nitro groups is 1. The van der Waals surface area contributed by atoms with Gasteiger partial charge < -0.3 is 10.4 Å². The van der Waals surface area contributed by atoms with Gasteiger partial charge in [0.1, 0.15) is 0 Å². The number of carbonyl (C=O) groups is 1. The van der Waals surface area contributed by atoms with Gasteiger partial charge >= 0.3 is 5.97 Å². The number of fused-ring (bicyclic) bond motifs is 3. The van der Waals surface area contributed by atoms with Gasteiger partial charge in [-0.2, -0.15) is 0 Å². The van der Waals surface area contributed by atoms with E-state index < -0.39 is 5.97 Å². The van der Waals surface area contributed by atoms with Crippen molar-refractivity contribution in [3.8, 4) is 0 Å². The summed E-state index contributed by atoms with van der Waals surface area (Å²) in [6.07, 6.45) is 0.749. The largest absolute Gasteiger partial charge is 0.478 e. The number of hydrogen-bond acceptors (Lipinski definition) is 5. The third-order valence-corrected chi connectivity index (χ3v) is 8.67. The second-order valence-corrected chi connectivity index (χ2v) is 10.2. The molecule has 8 heteroatoms. The van der Waals surface area contributed by atoms with Gasteiger partial charge in [0.25, 0.3) is 5.69 Å². The lowest BCUT2D eigenvalue weighted by molar-refractivity contribution is -0.387. The van der Waals surface area contributed by atoms with Crippen molar-refractivity contribution >= 4 is 40.7 Å². The Balaban J connectivity index is 1.55. The molecule has 1 aliphatic carbocycles. The zero-order valence-electron chi connectivity index (χ0n) is 17.4. The van der Waals surface area contributed by atoms with Crippen LogP contribution in [0.25, 0.3) is 0 Å². The van der Waals surface area contributed by atoms with Gasteiger partial charge in [0.05, 0.1) is 26.8 Å². The van der Waals surface area contributed by atoms with E-state index in [1.54, 1.807) is 30.3 Å². The number of alkyl halides is 1. The molecule has 3 aromatic rings. The third-order valence-electron chi connectivity index (χ3n) is 6.56. The molecule has 168 valence electrons. The molecule has 1 aliphatic heterocycles. The van der Waals surface area contributed by atoms with E-state index in [1.165, 1.54) is 17.8 Å². The highest BCUT2D eigenvalue weighted by Gasteiger charge is 2.50. The summed E-state index contributed by atoms with van der Waals surface area (Å²) in [5, 5.41) is 24.3. The second-order valence-electron chi connectivity index (χ2n) is 8.39. The minimum atomic E-state index is -0.977. The third kappa shape index (κ3) is 3.96. The van der Waals surface area contributed by atoms with Crippen LogP contribution in [0.3, 0.4) is 0 Å². The number of anilines is 1. The number of aromatic carboxylic acids is 1. The van der Waals surface area contributed by atoms with Crippen LogP contribution in [-0.4, -0.2) is 26.6 Å². The maximum Gasteiger partial charge on any atom is 0.335 e. The van der Waals surface area contributed by atoms with Gasteiger partial charge in [0, 0.05) is 22.9 Å². The smallest absolute Gasteiger partial charge is 0.335 e. The van der Waals surface area contributed by atoms with Crippen LogP contribution in [0.1, 0.15) is 39.9 Å². The molecule has 3 aromatic carbocycles. The van der Waals surface area contributed by atoms with Crippen LogP contribution in [0.15, 0.2) is 77.7 Å². The summed E-state index contributed by atoms with van der Waals surface area (Å²) >= 11 is 8.53. The molecule has 33 heavy (non-hydrogen) atoms. The summed E-state index contributed by atoms with van der Waals surface area (Å²) < 4.78 is 0. The number of carboxylic acid groups (broad SMARTS) is 1. The van der Waals surface area contributed by atoms with E-state index in [9.17, 15) is 20.0 Å². The van der Waals surface area contributed by atoms with E-state index in [-0.39, 0.29) is 44.7 Å². The summed E-state index contributed by atoms with van der Waals surface area (Å²) in [5.74, 6) is -0.936. The molecule has 0 aromatic heterocycles. The number of rotatable bonds is 5. The molecule has 6 nitrogen and oxygen atoms in total. The number of benzene rings is 3. The predicted molar refractivity (Wildman–Crippen MR) is 129 cm³/mol. The van der Waals surface area contributed by atoms with Crippen LogP contribution in [0.2, 0.25) is 0 Å². The van der Waals surface area contributed by atoms with E-state index in [0.29, 0.717) is 4.90 Å². The average molecular weight is 481 g/mol. The highest BCUT2D eigenvalue weighted by Crippen LogP contribution is 2.58. The van der Waals surface area contributed by atoms with Crippen LogP contribution in [0.5, 0.6) is 0 Å². The quantitative estimate of drug-likeness (QED) is 0.252. The first-order chi connectivity index (χ1) is 15.9. The molecule has 5 rings (SSSR count). The summed E-state index contributed by atoms with van der Waals surface area (Å²) in [5.41, 5.74) is 3.23. The zero-order chi connectivity index (χ0) is 23.1. The van der Waals surface area contributed by atoms with Crippen molar-refractivity contribution in [2.45, 2.75) is 33.9 Å². The number of thioether (sulfide) groups is 1. The molecule has 0 bridgehead atoms. The molecule has 1 saturated carbocycles. The lowest BCUT2D eigenvalue weighted by Gasteiger charge is -2.38. The van der Waals surface area contributed by atoms with Gasteiger partial charge in [0.2, 0.25) is 0 Å². The standard InChI is InChI=1S/C25H21ClN2O4S/c26-23-21(33-20-9-5-4-8-19(20)28(31)32)13-17-22(23)16-12-15(25(29)30)10-11-18(16)27-24(17)14-6-2-1-3-7-14/h1-12,17,21-24,27H,13H2,(H,29,30)/t17-,21-,22+,23-,24-/m1/s1. The van der Waals surface area contributed by atoms with Crippen molar-refractivity contribution in [2.24, 2.45) is 5.92 Å². The van der Waals surface area contributed by atoms with Crippen LogP contribution in [0, 0.1) is 16.0 Å². The van der Waals surface area contributed by atoms with Gasteiger partial charge in [-0.15, -0.1) is 23.4 Å². The maximum atomic E-state index is 11.6. The number of nitro benzene ring substituents is 1. The summed E-state index contributed by atoms with van der Waals surface area (Å²) in [4.78, 5) is 23.4. The Labute approximate surface area is 200 Å².